The molecular weight excluding hydrogens is 353 g/mol. The number of carbonyl (C=O) groups excluding carboxylic acids is 1. The highest BCUT2D eigenvalue weighted by atomic mass is 19.1. The molecule has 27 heavy (non-hydrogen) atoms. The van der Waals surface area contributed by atoms with Crippen molar-refractivity contribution in [2.75, 3.05) is 12.4 Å². The van der Waals surface area contributed by atoms with E-state index in [1.165, 1.54) is 37.7 Å². The minimum absolute atomic E-state index is 0.00193. The minimum Gasteiger partial charge on any atom is -0.495 e. The van der Waals surface area contributed by atoms with Gasteiger partial charge in [-0.1, -0.05) is 24.3 Å². The Morgan fingerprint density at radius 3 is 2.48 bits per heavy atom. The van der Waals surface area contributed by atoms with E-state index in [1.54, 1.807) is 30.3 Å². The summed E-state index contributed by atoms with van der Waals surface area (Å²) in [6.45, 7) is -0.421. The van der Waals surface area contributed by atoms with Crippen LogP contribution in [0.4, 0.5) is 10.1 Å². The first-order valence-electron chi connectivity index (χ1n) is 8.01. The van der Waals surface area contributed by atoms with Crippen molar-refractivity contribution < 1.29 is 13.9 Å². The zero-order chi connectivity index (χ0) is 19.4. The number of hydrogen-bond acceptors (Lipinski definition) is 4. The number of rotatable bonds is 5. The second kappa shape index (κ2) is 7.69. The number of halogens is 1. The fraction of sp³-hybridized carbons (Fsp3) is 0.105. The van der Waals surface area contributed by atoms with Gasteiger partial charge in [0.1, 0.15) is 18.1 Å². The van der Waals surface area contributed by atoms with E-state index in [2.05, 4.69) is 5.32 Å². The number of carbonyl (C=O) groups is 1. The van der Waals surface area contributed by atoms with Crippen molar-refractivity contribution in [3.8, 4) is 11.4 Å². The highest BCUT2D eigenvalue weighted by Gasteiger charge is 2.13. The normalized spacial score (nSPS) is 10.4. The molecule has 0 aliphatic heterocycles. The van der Waals surface area contributed by atoms with Gasteiger partial charge in [-0.2, -0.15) is 0 Å². The number of para-hydroxylation sites is 3. The molecule has 8 heteroatoms. The molecule has 1 N–H and O–H groups in total. The largest absolute Gasteiger partial charge is 0.495 e. The Bertz CT molecular complexity index is 1100. The smallest absolute Gasteiger partial charge is 0.321 e. The van der Waals surface area contributed by atoms with Crippen LogP contribution >= 0.6 is 0 Å². The van der Waals surface area contributed by atoms with Crippen molar-refractivity contribution in [2.24, 2.45) is 0 Å². The average molecular weight is 369 g/mol. The average Bonchev–Trinajstić information content (AvgIpc) is 2.67. The summed E-state index contributed by atoms with van der Waals surface area (Å²) < 4.78 is 20.9. The molecule has 1 amide bonds. The highest BCUT2D eigenvalue weighted by Crippen LogP contribution is 2.19. The van der Waals surface area contributed by atoms with Gasteiger partial charge in [-0.05, 0) is 24.3 Å². The zero-order valence-electron chi connectivity index (χ0n) is 14.4. The molecule has 7 nitrogen and oxygen atoms in total. The Balaban J connectivity index is 1.88. The molecule has 138 valence electrons. The number of anilines is 1. The number of ether oxygens (including phenoxy) is 1. The fourth-order valence-electron chi connectivity index (χ4n) is 2.56. The van der Waals surface area contributed by atoms with Crippen molar-refractivity contribution in [1.29, 1.82) is 0 Å². The van der Waals surface area contributed by atoms with Crippen LogP contribution in [0, 0.1) is 5.82 Å². The second-order valence-corrected chi connectivity index (χ2v) is 5.61. The molecule has 0 unspecified atom stereocenters. The molecule has 0 aliphatic carbocycles. The van der Waals surface area contributed by atoms with Crippen molar-refractivity contribution in [3.05, 3.63) is 87.4 Å². The standard InChI is InChI=1S/C19H16FN3O4/c1-27-16-9-5-4-8-15(16)23-11-10-22(18(25)19(23)26)12-17(24)21-14-7-3-2-6-13(14)20/h2-11H,12H2,1H3,(H,21,24). The van der Waals surface area contributed by atoms with Gasteiger partial charge >= 0.3 is 11.1 Å². The zero-order valence-corrected chi connectivity index (χ0v) is 14.4. The van der Waals surface area contributed by atoms with Crippen molar-refractivity contribution in [3.63, 3.8) is 0 Å². The maximum atomic E-state index is 13.6. The van der Waals surface area contributed by atoms with Gasteiger partial charge in [0.2, 0.25) is 5.91 Å². The lowest BCUT2D eigenvalue weighted by atomic mass is 10.3. The molecule has 3 rings (SSSR count). The third kappa shape index (κ3) is 3.79. The van der Waals surface area contributed by atoms with E-state index in [0.29, 0.717) is 11.4 Å². The Morgan fingerprint density at radius 1 is 1.04 bits per heavy atom. The first-order valence-corrected chi connectivity index (χ1v) is 8.01. The van der Waals surface area contributed by atoms with Crippen LogP contribution in [0.25, 0.3) is 5.69 Å². The summed E-state index contributed by atoms with van der Waals surface area (Å²) in [6.07, 6.45) is 2.69. The Labute approximate surface area is 153 Å². The monoisotopic (exact) mass is 369 g/mol. The van der Waals surface area contributed by atoms with E-state index in [1.807, 2.05) is 0 Å². The van der Waals surface area contributed by atoms with E-state index in [0.717, 1.165) is 9.13 Å². The van der Waals surface area contributed by atoms with Gasteiger partial charge in [0.05, 0.1) is 18.5 Å². The molecular formula is C19H16FN3O4. The predicted molar refractivity (Wildman–Crippen MR) is 97.9 cm³/mol. The molecule has 0 saturated carbocycles. The van der Waals surface area contributed by atoms with E-state index in [-0.39, 0.29) is 5.69 Å². The number of aromatic nitrogens is 2. The quantitative estimate of drug-likeness (QED) is 0.695. The lowest BCUT2D eigenvalue weighted by molar-refractivity contribution is -0.116. The number of benzene rings is 2. The molecule has 0 radical (unpaired) electrons. The van der Waals surface area contributed by atoms with Crippen LogP contribution in [0.1, 0.15) is 0 Å². The summed E-state index contributed by atoms with van der Waals surface area (Å²) in [4.78, 5) is 36.9. The van der Waals surface area contributed by atoms with Crippen molar-refractivity contribution >= 4 is 11.6 Å². The molecule has 1 heterocycles. The van der Waals surface area contributed by atoms with Gasteiger partial charge < -0.3 is 10.1 Å². The summed E-state index contributed by atoms with van der Waals surface area (Å²) in [5.41, 5.74) is -1.31. The molecule has 0 saturated heterocycles. The molecule has 0 fully saturated rings. The fourth-order valence-corrected chi connectivity index (χ4v) is 2.56. The van der Waals surface area contributed by atoms with Gasteiger partial charge in [0, 0.05) is 12.4 Å². The highest BCUT2D eigenvalue weighted by molar-refractivity contribution is 5.90. The molecule has 0 aliphatic rings. The van der Waals surface area contributed by atoms with Crippen LogP contribution in [0.3, 0.4) is 0 Å². The van der Waals surface area contributed by atoms with E-state index in [9.17, 15) is 18.8 Å². The van der Waals surface area contributed by atoms with Crippen LogP contribution in [0.15, 0.2) is 70.5 Å². The maximum Gasteiger partial charge on any atom is 0.321 e. The van der Waals surface area contributed by atoms with Gasteiger partial charge in [-0.25, -0.2) is 4.39 Å². The maximum absolute atomic E-state index is 13.6. The Morgan fingerprint density at radius 2 is 1.74 bits per heavy atom. The van der Waals surface area contributed by atoms with E-state index in [4.69, 9.17) is 4.74 Å². The van der Waals surface area contributed by atoms with Crippen LogP contribution in [-0.4, -0.2) is 22.2 Å². The number of hydrogen-bond donors (Lipinski definition) is 1. The van der Waals surface area contributed by atoms with Crippen molar-refractivity contribution in [2.45, 2.75) is 6.54 Å². The summed E-state index contributed by atoms with van der Waals surface area (Å²) in [5.74, 6) is -0.796. The van der Waals surface area contributed by atoms with Gasteiger partial charge in [-0.15, -0.1) is 0 Å². The number of nitrogens with zero attached hydrogens (tertiary/aromatic N) is 2. The summed E-state index contributed by atoms with van der Waals surface area (Å²) in [5, 5.41) is 2.37. The van der Waals surface area contributed by atoms with Gasteiger partial charge in [-0.3, -0.25) is 23.5 Å². The van der Waals surface area contributed by atoms with Gasteiger partial charge in [0.15, 0.2) is 0 Å². The van der Waals surface area contributed by atoms with E-state index < -0.39 is 29.4 Å². The predicted octanol–water partition coefficient (Wildman–Crippen LogP) is 1.79. The minimum atomic E-state index is -0.882. The third-order valence-electron chi connectivity index (χ3n) is 3.86. The lowest BCUT2D eigenvalue weighted by Gasteiger charge is -2.12. The number of amides is 1. The molecule has 0 spiro atoms. The number of methoxy groups -OCH3 is 1. The molecule has 0 bridgehead atoms. The van der Waals surface area contributed by atoms with Crippen LogP contribution in [0.5, 0.6) is 5.75 Å². The first-order chi connectivity index (χ1) is 13.0. The molecule has 1 aromatic heterocycles. The second-order valence-electron chi connectivity index (χ2n) is 5.61. The lowest BCUT2D eigenvalue weighted by Crippen LogP contribution is -2.41. The molecule has 2 aromatic carbocycles. The molecule has 3 aromatic rings. The van der Waals surface area contributed by atoms with E-state index >= 15 is 0 Å². The van der Waals surface area contributed by atoms with Crippen LogP contribution in [-0.2, 0) is 11.3 Å². The number of nitrogens with one attached hydrogen (secondary N) is 1. The van der Waals surface area contributed by atoms with Crippen molar-refractivity contribution in [1.82, 2.24) is 9.13 Å². The third-order valence-corrected chi connectivity index (χ3v) is 3.86. The summed E-state index contributed by atoms with van der Waals surface area (Å²) >= 11 is 0. The summed E-state index contributed by atoms with van der Waals surface area (Å²) in [6, 6.07) is 12.4. The SMILES string of the molecule is COc1ccccc1-n1ccn(CC(=O)Nc2ccccc2F)c(=O)c1=O. The van der Waals surface area contributed by atoms with Crippen LogP contribution < -0.4 is 21.2 Å². The topological polar surface area (TPSA) is 82.3 Å². The van der Waals surface area contributed by atoms with Crippen LogP contribution in [0.2, 0.25) is 0 Å². The first kappa shape index (κ1) is 18.1. The Kier molecular flexibility index (Phi) is 5.16. The summed E-state index contributed by atoms with van der Waals surface area (Å²) in [7, 11) is 1.46. The van der Waals surface area contributed by atoms with Gasteiger partial charge in [0.25, 0.3) is 0 Å². The Hall–Kier alpha value is -3.68. The molecule has 0 atom stereocenters.